The molecule has 1 N–H and O–H groups in total. The van der Waals surface area contributed by atoms with E-state index in [-0.39, 0.29) is 18.7 Å². The molecule has 6 nitrogen and oxygen atoms in total. The van der Waals surface area contributed by atoms with Gasteiger partial charge in [0.1, 0.15) is 0 Å². The minimum absolute atomic E-state index is 0.0774. The van der Waals surface area contributed by atoms with E-state index in [0.29, 0.717) is 10.5 Å². The summed E-state index contributed by atoms with van der Waals surface area (Å²) in [6.07, 6.45) is 1.83. The summed E-state index contributed by atoms with van der Waals surface area (Å²) < 4.78 is 9.41. The Morgan fingerprint density at radius 2 is 2.09 bits per heavy atom. The van der Waals surface area contributed by atoms with Crippen molar-refractivity contribution in [3.8, 4) is 0 Å². The van der Waals surface area contributed by atoms with Gasteiger partial charge in [-0.1, -0.05) is 11.6 Å². The monoisotopic (exact) mass is 358 g/mol. The maximum absolute atomic E-state index is 12.0. The third kappa shape index (κ3) is 3.76. The van der Waals surface area contributed by atoms with Crippen LogP contribution in [0.25, 0.3) is 10.9 Å². The van der Waals surface area contributed by atoms with Gasteiger partial charge < -0.3 is 9.47 Å². The molecule has 0 fully saturated rings. The molecule has 23 heavy (non-hydrogen) atoms. The molecule has 0 aliphatic rings. The molecule has 2 aromatic rings. The fourth-order valence-corrected chi connectivity index (χ4v) is 3.07. The molecule has 0 radical (unpaired) electrons. The average Bonchev–Trinajstić information content (AvgIpc) is 3.03. The number of methoxy groups -OCH3 is 2. The van der Waals surface area contributed by atoms with Crippen LogP contribution < -0.4 is 0 Å². The van der Waals surface area contributed by atoms with Crippen molar-refractivity contribution in [3.05, 3.63) is 28.4 Å². The predicted molar refractivity (Wildman–Crippen MR) is 86.5 cm³/mol. The zero-order chi connectivity index (χ0) is 17.0. The summed E-state index contributed by atoms with van der Waals surface area (Å²) in [5.74, 6) is -1.41. The number of alkyl halides is 1. The van der Waals surface area contributed by atoms with E-state index in [1.54, 1.807) is 12.3 Å². The molecular formula is C15H16Cl2N2O4. The van der Waals surface area contributed by atoms with Crippen LogP contribution in [0.4, 0.5) is 0 Å². The largest absolute Gasteiger partial charge is 0.469 e. The molecule has 0 saturated carbocycles. The maximum Gasteiger partial charge on any atom is 0.309 e. The summed E-state index contributed by atoms with van der Waals surface area (Å²) in [5.41, 5.74) is 2.28. The number of aromatic nitrogens is 2. The summed E-state index contributed by atoms with van der Waals surface area (Å²) in [6, 6.07) is 1.73. The summed E-state index contributed by atoms with van der Waals surface area (Å²) in [6.45, 7) is 0. The Hall–Kier alpha value is -1.79. The number of H-pyrrole nitrogens is 1. The van der Waals surface area contributed by atoms with Crippen LogP contribution in [-0.2, 0) is 31.4 Å². The number of ether oxygens (including phenoxy) is 2. The van der Waals surface area contributed by atoms with Crippen molar-refractivity contribution in [3.63, 3.8) is 0 Å². The second-order valence-corrected chi connectivity index (χ2v) is 5.67. The van der Waals surface area contributed by atoms with Crippen LogP contribution in [0.15, 0.2) is 12.3 Å². The van der Waals surface area contributed by atoms with Gasteiger partial charge in [0.2, 0.25) is 0 Å². The smallest absolute Gasteiger partial charge is 0.309 e. The highest BCUT2D eigenvalue weighted by molar-refractivity contribution is 6.35. The van der Waals surface area contributed by atoms with Crippen molar-refractivity contribution in [2.24, 2.45) is 5.92 Å². The lowest BCUT2D eigenvalue weighted by Gasteiger charge is -2.16. The molecule has 2 rings (SSSR count). The summed E-state index contributed by atoms with van der Waals surface area (Å²) in [5, 5.41) is 8.05. The first kappa shape index (κ1) is 17.6. The molecule has 1 atom stereocenters. The topological polar surface area (TPSA) is 81.3 Å². The van der Waals surface area contributed by atoms with Gasteiger partial charge in [-0.25, -0.2) is 0 Å². The van der Waals surface area contributed by atoms with E-state index in [9.17, 15) is 9.59 Å². The van der Waals surface area contributed by atoms with Gasteiger partial charge in [0.05, 0.1) is 43.3 Å². The van der Waals surface area contributed by atoms with Gasteiger partial charge in [0.25, 0.3) is 0 Å². The minimum Gasteiger partial charge on any atom is -0.469 e. The average molecular weight is 359 g/mol. The van der Waals surface area contributed by atoms with E-state index >= 15 is 0 Å². The van der Waals surface area contributed by atoms with Crippen molar-refractivity contribution < 1.29 is 19.1 Å². The number of nitrogens with one attached hydrogen (secondary N) is 1. The number of halogens is 2. The van der Waals surface area contributed by atoms with Gasteiger partial charge in [-0.05, 0) is 23.6 Å². The molecule has 0 amide bonds. The predicted octanol–water partition coefficient (Wildman–Crippen LogP) is 2.85. The highest BCUT2D eigenvalue weighted by Gasteiger charge is 2.25. The van der Waals surface area contributed by atoms with Crippen LogP contribution in [0, 0.1) is 5.92 Å². The number of hydrogen-bond acceptors (Lipinski definition) is 5. The highest BCUT2D eigenvalue weighted by atomic mass is 35.5. The summed E-state index contributed by atoms with van der Waals surface area (Å²) >= 11 is 12.3. The molecular weight excluding hydrogens is 343 g/mol. The quantitative estimate of drug-likeness (QED) is 0.634. The van der Waals surface area contributed by atoms with Crippen LogP contribution >= 0.6 is 23.2 Å². The number of carbonyl (C=O) groups excluding carboxylic acids is 2. The molecule has 1 unspecified atom stereocenters. The summed E-state index contributed by atoms with van der Waals surface area (Å²) in [4.78, 5) is 23.5. The molecule has 0 saturated heterocycles. The van der Waals surface area contributed by atoms with E-state index in [2.05, 4.69) is 14.9 Å². The van der Waals surface area contributed by atoms with Crippen molar-refractivity contribution >= 4 is 46.0 Å². The molecule has 124 valence electrons. The molecule has 1 aromatic carbocycles. The first-order valence-corrected chi connectivity index (χ1v) is 7.77. The Morgan fingerprint density at radius 1 is 1.35 bits per heavy atom. The van der Waals surface area contributed by atoms with Gasteiger partial charge in [0, 0.05) is 11.3 Å². The second kappa shape index (κ2) is 7.66. The van der Waals surface area contributed by atoms with Crippen LogP contribution in [0.5, 0.6) is 0 Å². The maximum atomic E-state index is 12.0. The van der Waals surface area contributed by atoms with E-state index in [1.807, 2.05) is 0 Å². The van der Waals surface area contributed by atoms with Crippen LogP contribution in [0.2, 0.25) is 5.02 Å². The lowest BCUT2D eigenvalue weighted by Crippen LogP contribution is -2.23. The fraction of sp³-hybridized carbons (Fsp3) is 0.400. The van der Waals surface area contributed by atoms with Crippen molar-refractivity contribution in [1.82, 2.24) is 10.2 Å². The molecule has 0 spiro atoms. The van der Waals surface area contributed by atoms with Crippen molar-refractivity contribution in [2.45, 2.75) is 18.7 Å². The van der Waals surface area contributed by atoms with Gasteiger partial charge in [-0.3, -0.25) is 14.7 Å². The summed E-state index contributed by atoms with van der Waals surface area (Å²) in [7, 11) is 2.55. The molecule has 0 aliphatic carbocycles. The molecule has 8 heteroatoms. The third-order valence-corrected chi connectivity index (χ3v) is 4.23. The van der Waals surface area contributed by atoms with E-state index in [0.717, 1.165) is 16.5 Å². The number of benzene rings is 1. The molecule has 1 aromatic heterocycles. The number of rotatable bonds is 6. The van der Waals surface area contributed by atoms with E-state index < -0.39 is 17.9 Å². The van der Waals surface area contributed by atoms with Crippen LogP contribution in [0.1, 0.15) is 17.5 Å². The van der Waals surface area contributed by atoms with Gasteiger partial charge in [-0.15, -0.1) is 11.6 Å². The zero-order valence-electron chi connectivity index (χ0n) is 12.7. The van der Waals surface area contributed by atoms with E-state index in [4.69, 9.17) is 27.9 Å². The number of esters is 2. The first-order chi connectivity index (χ1) is 11.0. The fourth-order valence-electron chi connectivity index (χ4n) is 2.48. The second-order valence-electron chi connectivity index (χ2n) is 4.99. The Labute approximate surface area is 143 Å². The highest BCUT2D eigenvalue weighted by Crippen LogP contribution is 2.31. The minimum atomic E-state index is -0.671. The molecule has 0 aliphatic heterocycles. The number of fused-ring (bicyclic) bond motifs is 1. The lowest BCUT2D eigenvalue weighted by atomic mass is 9.92. The normalized spacial score (nSPS) is 12.2. The standard InChI is InChI=1S/C15H16Cl2N2O4/c1-22-13(20)5-9(15(21)23-2)3-8-4-12(17)14-11(7-18-19-14)10(8)6-16/h4,7,9H,3,5-6H2,1-2H3,(H,18,19). The van der Waals surface area contributed by atoms with Crippen molar-refractivity contribution in [2.75, 3.05) is 14.2 Å². The first-order valence-electron chi connectivity index (χ1n) is 6.85. The van der Waals surface area contributed by atoms with Gasteiger partial charge >= 0.3 is 11.9 Å². The Balaban J connectivity index is 2.40. The van der Waals surface area contributed by atoms with Crippen LogP contribution in [-0.4, -0.2) is 36.4 Å². The van der Waals surface area contributed by atoms with E-state index in [1.165, 1.54) is 14.2 Å². The Bertz CT molecular complexity index is 730. The number of hydrogen-bond donors (Lipinski definition) is 1. The zero-order valence-corrected chi connectivity index (χ0v) is 14.2. The third-order valence-electron chi connectivity index (χ3n) is 3.67. The van der Waals surface area contributed by atoms with Crippen molar-refractivity contribution in [1.29, 1.82) is 0 Å². The number of carbonyl (C=O) groups is 2. The Kier molecular flexibility index (Phi) is 5.85. The van der Waals surface area contributed by atoms with Gasteiger partial charge in [-0.2, -0.15) is 5.10 Å². The molecule has 0 bridgehead atoms. The number of aromatic amines is 1. The Morgan fingerprint density at radius 3 is 2.70 bits per heavy atom. The number of nitrogens with zero attached hydrogens (tertiary/aromatic N) is 1. The SMILES string of the molecule is COC(=O)CC(Cc1cc(Cl)c2[nH]ncc2c1CCl)C(=O)OC. The molecule has 1 heterocycles. The van der Waals surface area contributed by atoms with Crippen LogP contribution in [0.3, 0.4) is 0 Å². The van der Waals surface area contributed by atoms with Gasteiger partial charge in [0.15, 0.2) is 0 Å². The lowest BCUT2D eigenvalue weighted by molar-refractivity contribution is -0.151.